The van der Waals surface area contributed by atoms with E-state index in [2.05, 4.69) is 32.0 Å². The molecule has 3 amide bonds. The average Bonchev–Trinajstić information content (AvgIpc) is 3.12. The van der Waals surface area contributed by atoms with E-state index < -0.39 is 17.7 Å². The number of fused-ring (bicyclic) bond motifs is 1. The van der Waals surface area contributed by atoms with Crippen LogP contribution in [0.4, 0.5) is 11.4 Å². The summed E-state index contributed by atoms with van der Waals surface area (Å²) in [6, 6.07) is 17.1. The van der Waals surface area contributed by atoms with Gasteiger partial charge in [0.15, 0.2) is 0 Å². The van der Waals surface area contributed by atoms with Gasteiger partial charge in [0, 0.05) is 31.3 Å². The lowest BCUT2D eigenvalue weighted by Gasteiger charge is -2.14. The van der Waals surface area contributed by atoms with Crippen molar-refractivity contribution in [2.45, 2.75) is 13.8 Å². The van der Waals surface area contributed by atoms with E-state index in [0.29, 0.717) is 32.3 Å². The van der Waals surface area contributed by atoms with Crippen LogP contribution in [0.1, 0.15) is 21.6 Å². The summed E-state index contributed by atoms with van der Waals surface area (Å²) in [6.07, 6.45) is 0. The maximum Gasteiger partial charge on any atom is 0.328 e. The molecule has 0 radical (unpaired) electrons. The van der Waals surface area contributed by atoms with Crippen LogP contribution < -0.4 is 16.1 Å². The number of aromatic nitrogens is 1. The lowest BCUT2D eigenvalue weighted by molar-refractivity contribution is -0.133. The molecule has 0 atom stereocenters. The van der Waals surface area contributed by atoms with Gasteiger partial charge in [0.1, 0.15) is 5.69 Å². The number of carbonyl (C=O) groups is 3. The number of aryl methyl sites for hydroxylation is 2. The van der Waals surface area contributed by atoms with Gasteiger partial charge in [-0.25, -0.2) is 4.68 Å². The van der Waals surface area contributed by atoms with Crippen molar-refractivity contribution in [3.05, 3.63) is 92.0 Å². The Balaban J connectivity index is 1.64. The number of rotatable bonds is 4. The number of nitrogens with one attached hydrogen (secondary N) is 3. The molecular weight excluding hydrogens is 555 g/mol. The fourth-order valence-corrected chi connectivity index (χ4v) is 4.40. The standard InChI is InChI=1S/C25H19BrCl2N4O3/c1-13-3-4-14(2)20(7-13)30-24(34)25(35)31-32-21-6-5-16(26)8-15(21)9-22(32)23(33)29-19-11-17(27)10-18(28)12-19/h3-12H,1-2H3,(H,29,33)(H,30,34)(H,31,35). The van der Waals surface area contributed by atoms with E-state index in [9.17, 15) is 14.4 Å². The van der Waals surface area contributed by atoms with Gasteiger partial charge < -0.3 is 10.6 Å². The summed E-state index contributed by atoms with van der Waals surface area (Å²) in [5.41, 5.74) is 5.82. The van der Waals surface area contributed by atoms with Gasteiger partial charge in [-0.1, -0.05) is 51.3 Å². The molecule has 3 N–H and O–H groups in total. The number of amides is 3. The maximum atomic E-state index is 13.2. The molecule has 0 fully saturated rings. The lowest BCUT2D eigenvalue weighted by Crippen LogP contribution is -2.36. The molecule has 4 rings (SSSR count). The highest BCUT2D eigenvalue weighted by atomic mass is 79.9. The minimum atomic E-state index is -0.939. The zero-order valence-corrected chi connectivity index (χ0v) is 21.7. The molecule has 10 heteroatoms. The molecule has 0 saturated heterocycles. The Morgan fingerprint density at radius 3 is 2.26 bits per heavy atom. The van der Waals surface area contributed by atoms with Crippen molar-refractivity contribution < 1.29 is 14.4 Å². The monoisotopic (exact) mass is 572 g/mol. The second-order valence-corrected chi connectivity index (χ2v) is 9.68. The van der Waals surface area contributed by atoms with Crippen LogP contribution in [0, 0.1) is 13.8 Å². The molecule has 35 heavy (non-hydrogen) atoms. The first-order chi connectivity index (χ1) is 16.6. The number of carbonyl (C=O) groups excluding carboxylic acids is 3. The molecule has 7 nitrogen and oxygen atoms in total. The highest BCUT2D eigenvalue weighted by molar-refractivity contribution is 9.10. The van der Waals surface area contributed by atoms with E-state index in [1.807, 2.05) is 26.0 Å². The lowest BCUT2D eigenvalue weighted by atomic mass is 10.1. The molecule has 3 aromatic carbocycles. The summed E-state index contributed by atoms with van der Waals surface area (Å²) in [5, 5.41) is 6.72. The third-order valence-electron chi connectivity index (χ3n) is 5.18. The second kappa shape index (κ2) is 10.1. The van der Waals surface area contributed by atoms with E-state index in [4.69, 9.17) is 23.2 Å². The Labute approximate surface area is 219 Å². The highest BCUT2D eigenvalue weighted by Crippen LogP contribution is 2.26. The zero-order valence-electron chi connectivity index (χ0n) is 18.6. The van der Waals surface area contributed by atoms with Crippen LogP contribution in [-0.4, -0.2) is 22.4 Å². The molecule has 0 aliphatic carbocycles. The van der Waals surface area contributed by atoms with Crippen LogP contribution in [0.2, 0.25) is 10.0 Å². The third-order valence-corrected chi connectivity index (χ3v) is 6.11. The van der Waals surface area contributed by atoms with E-state index in [-0.39, 0.29) is 5.69 Å². The summed E-state index contributed by atoms with van der Waals surface area (Å²) < 4.78 is 2.06. The summed E-state index contributed by atoms with van der Waals surface area (Å²) in [7, 11) is 0. The number of hydrogen-bond donors (Lipinski definition) is 3. The largest absolute Gasteiger partial charge is 0.328 e. The van der Waals surface area contributed by atoms with Crippen LogP contribution in [0.5, 0.6) is 0 Å². The number of hydrogen-bond acceptors (Lipinski definition) is 3. The number of benzene rings is 3. The summed E-state index contributed by atoms with van der Waals surface area (Å²) in [6.45, 7) is 3.71. The smallest absolute Gasteiger partial charge is 0.321 e. The Morgan fingerprint density at radius 2 is 1.54 bits per heavy atom. The van der Waals surface area contributed by atoms with Crippen molar-refractivity contribution in [3.63, 3.8) is 0 Å². The number of nitrogens with zero attached hydrogens (tertiary/aromatic N) is 1. The zero-order chi connectivity index (χ0) is 25.3. The Kier molecular flexibility index (Phi) is 7.16. The van der Waals surface area contributed by atoms with Crippen molar-refractivity contribution in [2.24, 2.45) is 0 Å². The predicted octanol–water partition coefficient (Wildman–Crippen LogP) is 6.29. The van der Waals surface area contributed by atoms with Crippen molar-refractivity contribution >= 4 is 79.1 Å². The predicted molar refractivity (Wildman–Crippen MR) is 143 cm³/mol. The van der Waals surface area contributed by atoms with Crippen LogP contribution in [0.3, 0.4) is 0 Å². The van der Waals surface area contributed by atoms with Crippen LogP contribution in [0.15, 0.2) is 65.1 Å². The normalized spacial score (nSPS) is 10.8. The fraction of sp³-hybridized carbons (Fsp3) is 0.0800. The fourth-order valence-electron chi connectivity index (χ4n) is 3.50. The molecule has 0 unspecified atom stereocenters. The first-order valence-corrected chi connectivity index (χ1v) is 11.9. The van der Waals surface area contributed by atoms with Crippen molar-refractivity contribution in [1.82, 2.24) is 4.68 Å². The van der Waals surface area contributed by atoms with Crippen molar-refractivity contribution in [1.29, 1.82) is 0 Å². The average molecular weight is 574 g/mol. The molecule has 0 aliphatic heterocycles. The molecule has 1 heterocycles. The summed E-state index contributed by atoms with van der Waals surface area (Å²) in [4.78, 5) is 38.6. The Hall–Kier alpha value is -3.33. The third kappa shape index (κ3) is 5.67. The summed E-state index contributed by atoms with van der Waals surface area (Å²) >= 11 is 15.5. The van der Waals surface area contributed by atoms with E-state index >= 15 is 0 Å². The molecule has 0 aliphatic rings. The molecular formula is C25H19BrCl2N4O3. The van der Waals surface area contributed by atoms with Gasteiger partial charge in [-0.05, 0) is 73.5 Å². The highest BCUT2D eigenvalue weighted by Gasteiger charge is 2.22. The van der Waals surface area contributed by atoms with E-state index in [0.717, 1.165) is 15.6 Å². The number of halogens is 3. The van der Waals surface area contributed by atoms with Crippen LogP contribution in [-0.2, 0) is 9.59 Å². The molecule has 0 bridgehead atoms. The second-order valence-electron chi connectivity index (χ2n) is 7.89. The minimum absolute atomic E-state index is 0.0992. The molecule has 178 valence electrons. The molecule has 4 aromatic rings. The van der Waals surface area contributed by atoms with Gasteiger partial charge in [0.05, 0.1) is 5.52 Å². The topological polar surface area (TPSA) is 92.2 Å². The van der Waals surface area contributed by atoms with Gasteiger partial charge in [-0.2, -0.15) is 0 Å². The maximum absolute atomic E-state index is 13.2. The van der Waals surface area contributed by atoms with Crippen molar-refractivity contribution in [2.75, 3.05) is 16.1 Å². The van der Waals surface area contributed by atoms with Gasteiger partial charge in [0.2, 0.25) is 0 Å². The first kappa shape index (κ1) is 24.8. The number of anilines is 2. The Bertz CT molecular complexity index is 1480. The van der Waals surface area contributed by atoms with E-state index in [1.54, 1.807) is 48.5 Å². The quantitative estimate of drug-likeness (QED) is 0.251. The SMILES string of the molecule is Cc1ccc(C)c(NC(=O)C(=O)Nn2c(C(=O)Nc3cc(Cl)cc(Cl)c3)cc3cc(Br)ccc32)c1. The van der Waals surface area contributed by atoms with Gasteiger partial charge in [-0.15, -0.1) is 0 Å². The Morgan fingerprint density at radius 1 is 0.829 bits per heavy atom. The van der Waals surface area contributed by atoms with Gasteiger partial charge in [0.25, 0.3) is 5.91 Å². The van der Waals surface area contributed by atoms with Gasteiger partial charge in [-0.3, -0.25) is 19.8 Å². The van der Waals surface area contributed by atoms with Crippen LogP contribution in [0.25, 0.3) is 10.9 Å². The van der Waals surface area contributed by atoms with Crippen molar-refractivity contribution in [3.8, 4) is 0 Å². The summed E-state index contributed by atoms with van der Waals surface area (Å²) in [5.74, 6) is -2.34. The van der Waals surface area contributed by atoms with Crippen LogP contribution >= 0.6 is 39.1 Å². The molecule has 1 aromatic heterocycles. The van der Waals surface area contributed by atoms with E-state index in [1.165, 1.54) is 4.68 Å². The molecule has 0 spiro atoms. The molecule has 0 saturated carbocycles. The van der Waals surface area contributed by atoms with Gasteiger partial charge >= 0.3 is 11.8 Å². The minimum Gasteiger partial charge on any atom is -0.321 e. The first-order valence-electron chi connectivity index (χ1n) is 10.4.